The van der Waals surface area contributed by atoms with Crippen molar-refractivity contribution in [3.8, 4) is 5.75 Å². The molecule has 1 aromatic rings. The summed E-state index contributed by atoms with van der Waals surface area (Å²) in [5.74, 6) is -0.0874. The highest BCUT2D eigenvalue weighted by Crippen LogP contribution is 2.01. The van der Waals surface area contributed by atoms with Crippen LogP contribution in [0.3, 0.4) is 0 Å². The Hall–Kier alpha value is -1.86. The highest BCUT2D eigenvalue weighted by molar-refractivity contribution is 5.92. The molecule has 0 aromatic carbocycles. The number of H-pyrrole nitrogens is 1. The zero-order chi connectivity index (χ0) is 15.1. The number of hydrogen-bond acceptors (Lipinski definition) is 5. The van der Waals surface area contributed by atoms with E-state index in [1.54, 1.807) is 0 Å². The fourth-order valence-electron chi connectivity index (χ4n) is 2.17. The van der Waals surface area contributed by atoms with Crippen LogP contribution in [-0.2, 0) is 4.74 Å². The standard InChI is InChI=1S/C14H21N3O4/c1-20-13-10-16-11(9-12(13)18)14(19)15-3-2-4-17-5-7-21-8-6-17/h9-10H,2-8H2,1H3,(H,15,19)(H,16,18). The van der Waals surface area contributed by atoms with E-state index >= 15 is 0 Å². The summed E-state index contributed by atoms with van der Waals surface area (Å²) in [6.45, 7) is 4.95. The third-order valence-electron chi connectivity index (χ3n) is 3.38. The van der Waals surface area contributed by atoms with Crippen molar-refractivity contribution in [3.05, 3.63) is 28.2 Å². The summed E-state index contributed by atoms with van der Waals surface area (Å²) in [6.07, 6.45) is 2.26. The van der Waals surface area contributed by atoms with Crippen molar-refractivity contribution in [2.45, 2.75) is 6.42 Å². The van der Waals surface area contributed by atoms with Crippen LogP contribution in [0.1, 0.15) is 16.9 Å². The molecular formula is C14H21N3O4. The second kappa shape index (κ2) is 7.80. The Labute approximate surface area is 123 Å². The molecule has 1 aromatic heterocycles. The van der Waals surface area contributed by atoms with E-state index in [4.69, 9.17) is 9.47 Å². The number of nitrogens with zero attached hydrogens (tertiary/aromatic N) is 1. The van der Waals surface area contributed by atoms with Gasteiger partial charge < -0.3 is 19.8 Å². The maximum atomic E-state index is 11.9. The molecule has 0 spiro atoms. The predicted octanol–water partition coefficient (Wildman–Crippen LogP) is -0.164. The zero-order valence-electron chi connectivity index (χ0n) is 12.2. The van der Waals surface area contributed by atoms with Crippen LogP contribution in [0.15, 0.2) is 17.1 Å². The Kier molecular flexibility index (Phi) is 5.77. The number of hydrogen-bond donors (Lipinski definition) is 2. The van der Waals surface area contributed by atoms with Gasteiger partial charge in [-0.25, -0.2) is 0 Å². The minimum Gasteiger partial charge on any atom is -0.491 e. The number of ether oxygens (including phenoxy) is 2. The first-order valence-electron chi connectivity index (χ1n) is 7.05. The van der Waals surface area contributed by atoms with E-state index < -0.39 is 0 Å². The van der Waals surface area contributed by atoms with Crippen LogP contribution in [0.25, 0.3) is 0 Å². The van der Waals surface area contributed by atoms with E-state index in [1.165, 1.54) is 19.4 Å². The maximum Gasteiger partial charge on any atom is 0.267 e. The summed E-state index contributed by atoms with van der Waals surface area (Å²) in [5.41, 5.74) is -0.0677. The minimum absolute atomic E-state index is 0.193. The molecule has 21 heavy (non-hydrogen) atoms. The van der Waals surface area contributed by atoms with E-state index in [1.807, 2.05) is 0 Å². The van der Waals surface area contributed by atoms with Crippen molar-refractivity contribution in [1.82, 2.24) is 15.2 Å². The third-order valence-corrected chi connectivity index (χ3v) is 3.38. The Morgan fingerprint density at radius 2 is 2.24 bits per heavy atom. The molecule has 7 heteroatoms. The molecule has 0 atom stereocenters. The molecule has 7 nitrogen and oxygen atoms in total. The first-order valence-corrected chi connectivity index (χ1v) is 7.05. The number of methoxy groups -OCH3 is 1. The van der Waals surface area contributed by atoms with Gasteiger partial charge in [-0.05, 0) is 13.0 Å². The van der Waals surface area contributed by atoms with Gasteiger partial charge >= 0.3 is 0 Å². The maximum absolute atomic E-state index is 11.9. The van der Waals surface area contributed by atoms with Gasteiger partial charge in [0.05, 0.1) is 20.3 Å². The molecule has 116 valence electrons. The van der Waals surface area contributed by atoms with E-state index in [0.29, 0.717) is 6.54 Å². The highest BCUT2D eigenvalue weighted by atomic mass is 16.5. The molecule has 0 unspecified atom stereocenters. The molecule has 1 aliphatic heterocycles. The molecule has 1 fully saturated rings. The zero-order valence-corrected chi connectivity index (χ0v) is 12.2. The number of nitrogens with one attached hydrogen (secondary N) is 2. The Bertz CT molecular complexity index is 523. The van der Waals surface area contributed by atoms with Crippen LogP contribution in [0.2, 0.25) is 0 Å². The van der Waals surface area contributed by atoms with Crippen LogP contribution in [0.4, 0.5) is 0 Å². The van der Waals surface area contributed by atoms with E-state index in [9.17, 15) is 9.59 Å². The largest absolute Gasteiger partial charge is 0.491 e. The van der Waals surface area contributed by atoms with E-state index in [-0.39, 0.29) is 22.8 Å². The molecule has 2 heterocycles. The second-order valence-corrected chi connectivity index (χ2v) is 4.84. The number of amides is 1. The fourth-order valence-corrected chi connectivity index (χ4v) is 2.17. The van der Waals surface area contributed by atoms with Crippen LogP contribution >= 0.6 is 0 Å². The van der Waals surface area contributed by atoms with Gasteiger partial charge in [0.2, 0.25) is 5.43 Å². The quantitative estimate of drug-likeness (QED) is 0.712. The van der Waals surface area contributed by atoms with Crippen molar-refractivity contribution in [3.63, 3.8) is 0 Å². The lowest BCUT2D eigenvalue weighted by Crippen LogP contribution is -2.38. The van der Waals surface area contributed by atoms with Gasteiger partial charge in [0, 0.05) is 31.9 Å². The minimum atomic E-state index is -0.310. The van der Waals surface area contributed by atoms with E-state index in [2.05, 4.69) is 15.2 Å². The van der Waals surface area contributed by atoms with Crippen LogP contribution in [0, 0.1) is 0 Å². The first-order chi connectivity index (χ1) is 10.2. The van der Waals surface area contributed by atoms with Crippen molar-refractivity contribution in [1.29, 1.82) is 0 Å². The van der Waals surface area contributed by atoms with Gasteiger partial charge in [-0.15, -0.1) is 0 Å². The SMILES string of the molecule is COc1c[nH]c(C(=O)NCCCN2CCOCC2)cc1=O. The lowest BCUT2D eigenvalue weighted by atomic mass is 10.3. The molecule has 1 saturated heterocycles. The molecular weight excluding hydrogens is 274 g/mol. The molecule has 2 rings (SSSR count). The van der Waals surface area contributed by atoms with Gasteiger partial charge in [0.15, 0.2) is 5.75 Å². The molecule has 1 aliphatic rings. The van der Waals surface area contributed by atoms with Gasteiger partial charge in [0.1, 0.15) is 5.69 Å². The first kappa shape index (κ1) is 15.5. The topological polar surface area (TPSA) is 83.7 Å². The highest BCUT2D eigenvalue weighted by Gasteiger charge is 2.11. The molecule has 0 bridgehead atoms. The van der Waals surface area contributed by atoms with Crippen molar-refractivity contribution in [2.24, 2.45) is 0 Å². The lowest BCUT2D eigenvalue weighted by Gasteiger charge is -2.26. The predicted molar refractivity (Wildman–Crippen MR) is 77.8 cm³/mol. The number of aromatic amines is 1. The Morgan fingerprint density at radius 3 is 2.90 bits per heavy atom. The molecule has 0 radical (unpaired) electrons. The average molecular weight is 295 g/mol. The normalized spacial score (nSPS) is 15.7. The fraction of sp³-hybridized carbons (Fsp3) is 0.571. The number of morpholine rings is 1. The number of carbonyl (C=O) groups excluding carboxylic acids is 1. The lowest BCUT2D eigenvalue weighted by molar-refractivity contribution is 0.0374. The van der Waals surface area contributed by atoms with Gasteiger partial charge in [-0.2, -0.15) is 0 Å². The number of carbonyl (C=O) groups is 1. The molecule has 1 amide bonds. The Balaban J connectivity index is 1.74. The van der Waals surface area contributed by atoms with Crippen LogP contribution in [-0.4, -0.2) is 62.3 Å². The summed E-state index contributed by atoms with van der Waals surface area (Å²) in [7, 11) is 1.41. The van der Waals surface area contributed by atoms with Gasteiger partial charge in [0.25, 0.3) is 5.91 Å². The van der Waals surface area contributed by atoms with Crippen molar-refractivity contribution < 1.29 is 14.3 Å². The summed E-state index contributed by atoms with van der Waals surface area (Å²) >= 11 is 0. The molecule has 0 saturated carbocycles. The number of rotatable bonds is 6. The van der Waals surface area contributed by atoms with Crippen LogP contribution in [0.5, 0.6) is 5.75 Å². The molecule has 2 N–H and O–H groups in total. The van der Waals surface area contributed by atoms with Gasteiger partial charge in [-0.1, -0.05) is 0 Å². The number of aromatic nitrogens is 1. The third kappa shape index (κ3) is 4.57. The smallest absolute Gasteiger partial charge is 0.267 e. The monoisotopic (exact) mass is 295 g/mol. The second-order valence-electron chi connectivity index (χ2n) is 4.84. The van der Waals surface area contributed by atoms with Crippen molar-refractivity contribution >= 4 is 5.91 Å². The van der Waals surface area contributed by atoms with Gasteiger partial charge in [-0.3, -0.25) is 14.5 Å². The summed E-state index contributed by atoms with van der Waals surface area (Å²) in [6, 6.07) is 1.25. The summed E-state index contributed by atoms with van der Waals surface area (Å²) in [4.78, 5) is 28.5. The summed E-state index contributed by atoms with van der Waals surface area (Å²) < 4.78 is 10.1. The Morgan fingerprint density at radius 1 is 1.48 bits per heavy atom. The molecule has 0 aliphatic carbocycles. The average Bonchev–Trinajstić information content (AvgIpc) is 2.52. The number of pyridine rings is 1. The van der Waals surface area contributed by atoms with Crippen molar-refractivity contribution in [2.75, 3.05) is 46.5 Å². The van der Waals surface area contributed by atoms with E-state index in [0.717, 1.165) is 39.3 Å². The van der Waals surface area contributed by atoms with Crippen LogP contribution < -0.4 is 15.5 Å². The summed E-state index contributed by atoms with van der Waals surface area (Å²) in [5, 5.41) is 2.80.